The summed E-state index contributed by atoms with van der Waals surface area (Å²) < 4.78 is 10.6. The number of morpholine rings is 1. The molecule has 4 rings (SSSR count). The van der Waals surface area contributed by atoms with Crippen LogP contribution in [0.15, 0.2) is 42.6 Å². The van der Waals surface area contributed by atoms with E-state index in [1.807, 2.05) is 38.1 Å². The van der Waals surface area contributed by atoms with Crippen LogP contribution >= 0.6 is 11.6 Å². The fraction of sp³-hybridized carbons (Fsp3) is 0.333. The molecule has 0 saturated carbocycles. The first-order valence-corrected chi connectivity index (χ1v) is 11.4. The van der Waals surface area contributed by atoms with Crippen LogP contribution in [0.25, 0.3) is 0 Å². The van der Waals surface area contributed by atoms with E-state index in [1.54, 1.807) is 19.2 Å². The summed E-state index contributed by atoms with van der Waals surface area (Å²) in [6, 6.07) is 10.5. The van der Waals surface area contributed by atoms with Crippen LogP contribution in [0, 0.1) is 6.92 Å². The molecule has 3 aromatic rings. The second-order valence-electron chi connectivity index (χ2n) is 7.94. The molecule has 1 saturated heterocycles. The number of carbonyl (C=O) groups excluding carboxylic acids is 1. The van der Waals surface area contributed by atoms with E-state index in [-0.39, 0.29) is 11.9 Å². The first-order chi connectivity index (χ1) is 16.4. The average molecular weight is 483 g/mol. The Labute approximate surface area is 203 Å². The van der Waals surface area contributed by atoms with E-state index < -0.39 is 0 Å². The molecule has 178 valence electrons. The fourth-order valence-corrected chi connectivity index (χ4v) is 3.62. The molecule has 1 fully saturated rings. The first kappa shape index (κ1) is 23.7. The zero-order valence-electron chi connectivity index (χ0n) is 19.3. The minimum absolute atomic E-state index is 0.294. The number of methoxy groups -OCH3 is 1. The lowest BCUT2D eigenvalue weighted by Gasteiger charge is -2.28. The van der Waals surface area contributed by atoms with Gasteiger partial charge in [0.05, 0.1) is 38.3 Å². The summed E-state index contributed by atoms with van der Waals surface area (Å²) in [5, 5.41) is 6.94. The van der Waals surface area contributed by atoms with Gasteiger partial charge in [-0.15, -0.1) is 0 Å². The molecule has 1 amide bonds. The van der Waals surface area contributed by atoms with Crippen molar-refractivity contribution < 1.29 is 14.3 Å². The fourth-order valence-electron chi connectivity index (χ4n) is 3.44. The molecule has 0 aliphatic carbocycles. The van der Waals surface area contributed by atoms with Gasteiger partial charge in [-0.25, -0.2) is 9.97 Å². The standard InChI is InChI=1S/C24H27ClN6O3/c1-15-4-5-17(12-19(15)25)28-22-13-21(29-24(30-22)31-8-10-34-11-9-31)16(2)27-23(32)20-7-6-18(33-3)14-26-20/h4-7,12-14,16H,8-11H2,1-3H3,(H,27,32)(H,28,29,30)/t16-/m0/s1. The monoisotopic (exact) mass is 482 g/mol. The summed E-state index contributed by atoms with van der Waals surface area (Å²) in [4.78, 5) is 28.4. The summed E-state index contributed by atoms with van der Waals surface area (Å²) in [5.41, 5.74) is 2.77. The molecular formula is C24H27ClN6O3. The third kappa shape index (κ3) is 5.73. The number of aromatic nitrogens is 3. The van der Waals surface area contributed by atoms with Crippen molar-refractivity contribution in [3.8, 4) is 5.75 Å². The van der Waals surface area contributed by atoms with Gasteiger partial charge in [-0.3, -0.25) is 4.79 Å². The number of ether oxygens (including phenoxy) is 2. The molecule has 0 spiro atoms. The van der Waals surface area contributed by atoms with Crippen molar-refractivity contribution in [2.24, 2.45) is 0 Å². The van der Waals surface area contributed by atoms with E-state index in [0.717, 1.165) is 11.3 Å². The van der Waals surface area contributed by atoms with Crippen molar-refractivity contribution in [1.29, 1.82) is 0 Å². The molecule has 2 aromatic heterocycles. The number of halogens is 1. The Hall–Kier alpha value is -3.43. The van der Waals surface area contributed by atoms with E-state index in [4.69, 9.17) is 31.0 Å². The summed E-state index contributed by atoms with van der Waals surface area (Å²) in [7, 11) is 1.55. The van der Waals surface area contributed by atoms with Gasteiger partial charge in [-0.1, -0.05) is 17.7 Å². The lowest BCUT2D eigenvalue weighted by atomic mass is 10.2. The highest BCUT2D eigenvalue weighted by atomic mass is 35.5. The number of rotatable bonds is 7. The number of anilines is 3. The van der Waals surface area contributed by atoms with Crippen LogP contribution < -0.4 is 20.3 Å². The molecule has 0 unspecified atom stereocenters. The Morgan fingerprint density at radius 2 is 1.97 bits per heavy atom. The quantitative estimate of drug-likeness (QED) is 0.522. The van der Waals surface area contributed by atoms with Crippen molar-refractivity contribution in [3.05, 3.63) is 64.6 Å². The molecule has 0 bridgehead atoms. The van der Waals surface area contributed by atoms with E-state index in [9.17, 15) is 4.79 Å². The first-order valence-electron chi connectivity index (χ1n) is 11.0. The summed E-state index contributed by atoms with van der Waals surface area (Å²) in [5.74, 6) is 1.46. The minimum atomic E-state index is -0.388. The number of pyridine rings is 1. The maximum atomic E-state index is 12.7. The van der Waals surface area contributed by atoms with Gasteiger partial charge < -0.3 is 25.0 Å². The number of benzene rings is 1. The van der Waals surface area contributed by atoms with Crippen molar-refractivity contribution in [3.63, 3.8) is 0 Å². The highest BCUT2D eigenvalue weighted by Gasteiger charge is 2.20. The molecule has 1 aliphatic heterocycles. The Balaban J connectivity index is 1.59. The van der Waals surface area contributed by atoms with Gasteiger partial charge in [0.25, 0.3) is 5.91 Å². The molecular weight excluding hydrogens is 456 g/mol. The Bertz CT molecular complexity index is 1150. The van der Waals surface area contributed by atoms with Crippen LogP contribution in [0.1, 0.15) is 34.7 Å². The molecule has 0 radical (unpaired) electrons. The SMILES string of the molecule is COc1ccc(C(=O)N[C@@H](C)c2cc(Nc3ccc(C)c(Cl)c3)nc(N3CCOCC3)n2)nc1. The van der Waals surface area contributed by atoms with Gasteiger partial charge in [0.2, 0.25) is 5.95 Å². The second-order valence-corrected chi connectivity index (χ2v) is 8.35. The predicted octanol–water partition coefficient (Wildman–Crippen LogP) is 3.91. The van der Waals surface area contributed by atoms with Gasteiger partial charge in [-0.2, -0.15) is 4.98 Å². The van der Waals surface area contributed by atoms with Crippen molar-refractivity contribution >= 4 is 35.0 Å². The third-order valence-corrected chi connectivity index (χ3v) is 5.88. The van der Waals surface area contributed by atoms with E-state index in [0.29, 0.717) is 60.2 Å². The van der Waals surface area contributed by atoms with Crippen molar-refractivity contribution in [1.82, 2.24) is 20.3 Å². The van der Waals surface area contributed by atoms with E-state index in [2.05, 4.69) is 20.5 Å². The molecule has 3 heterocycles. The topological polar surface area (TPSA) is 102 Å². The number of aryl methyl sites for hydroxylation is 1. The van der Waals surface area contributed by atoms with Crippen molar-refractivity contribution in [2.75, 3.05) is 43.6 Å². The van der Waals surface area contributed by atoms with Gasteiger partial charge in [0.1, 0.15) is 17.3 Å². The number of carbonyl (C=O) groups is 1. The molecule has 9 nitrogen and oxygen atoms in total. The lowest BCUT2D eigenvalue weighted by Crippen LogP contribution is -2.38. The van der Waals surface area contributed by atoms with Crippen LogP contribution in [-0.4, -0.2) is 54.3 Å². The highest BCUT2D eigenvalue weighted by Crippen LogP contribution is 2.25. The van der Waals surface area contributed by atoms with Crippen LogP contribution in [0.2, 0.25) is 5.02 Å². The number of nitrogens with zero attached hydrogens (tertiary/aromatic N) is 4. The highest BCUT2D eigenvalue weighted by molar-refractivity contribution is 6.31. The Morgan fingerprint density at radius 1 is 1.18 bits per heavy atom. The smallest absolute Gasteiger partial charge is 0.270 e. The number of hydrogen-bond donors (Lipinski definition) is 2. The van der Waals surface area contributed by atoms with Crippen molar-refractivity contribution in [2.45, 2.75) is 19.9 Å². The van der Waals surface area contributed by atoms with Crippen LogP contribution in [0.3, 0.4) is 0 Å². The summed E-state index contributed by atoms with van der Waals surface area (Å²) in [6.45, 7) is 6.43. The predicted molar refractivity (Wildman–Crippen MR) is 131 cm³/mol. The molecule has 1 aromatic carbocycles. The van der Waals surface area contributed by atoms with E-state index in [1.165, 1.54) is 6.20 Å². The number of nitrogens with one attached hydrogen (secondary N) is 2. The zero-order chi connectivity index (χ0) is 24.1. The number of amides is 1. The van der Waals surface area contributed by atoms with Crippen LogP contribution in [0.4, 0.5) is 17.5 Å². The zero-order valence-corrected chi connectivity index (χ0v) is 20.1. The average Bonchev–Trinajstić information content (AvgIpc) is 2.86. The van der Waals surface area contributed by atoms with Crippen LogP contribution in [0.5, 0.6) is 5.75 Å². The van der Waals surface area contributed by atoms with Gasteiger partial charge >= 0.3 is 0 Å². The Kier molecular flexibility index (Phi) is 7.44. The summed E-state index contributed by atoms with van der Waals surface area (Å²) >= 11 is 6.29. The minimum Gasteiger partial charge on any atom is -0.495 e. The molecule has 1 atom stereocenters. The molecule has 1 aliphatic rings. The Morgan fingerprint density at radius 3 is 2.65 bits per heavy atom. The molecule has 10 heteroatoms. The molecule has 34 heavy (non-hydrogen) atoms. The maximum Gasteiger partial charge on any atom is 0.270 e. The second kappa shape index (κ2) is 10.7. The summed E-state index contributed by atoms with van der Waals surface area (Å²) in [6.07, 6.45) is 1.51. The van der Waals surface area contributed by atoms with Gasteiger partial charge in [0, 0.05) is 29.9 Å². The van der Waals surface area contributed by atoms with E-state index >= 15 is 0 Å². The third-order valence-electron chi connectivity index (χ3n) is 5.47. The normalized spacial score (nSPS) is 14.4. The molecule has 2 N–H and O–H groups in total. The largest absolute Gasteiger partial charge is 0.495 e. The number of hydrogen-bond acceptors (Lipinski definition) is 8. The maximum absolute atomic E-state index is 12.7. The van der Waals surface area contributed by atoms with Crippen LogP contribution in [-0.2, 0) is 4.74 Å². The van der Waals surface area contributed by atoms with Gasteiger partial charge in [0.15, 0.2) is 0 Å². The van der Waals surface area contributed by atoms with Gasteiger partial charge in [-0.05, 0) is 43.7 Å². The lowest BCUT2D eigenvalue weighted by molar-refractivity contribution is 0.0934.